The van der Waals surface area contributed by atoms with Crippen molar-refractivity contribution >= 4 is 11.7 Å². The quantitative estimate of drug-likeness (QED) is 0.799. The van der Waals surface area contributed by atoms with Gasteiger partial charge >= 0.3 is 0 Å². The molecule has 1 atom stereocenters. The molecule has 4 heteroatoms. The molecule has 1 aromatic carbocycles. The summed E-state index contributed by atoms with van der Waals surface area (Å²) >= 11 is 0. The lowest BCUT2D eigenvalue weighted by atomic mass is 9.98. The molecule has 1 aromatic rings. The van der Waals surface area contributed by atoms with Crippen LogP contribution in [0.4, 0.5) is 0 Å². The van der Waals surface area contributed by atoms with Crippen LogP contribution in [0.5, 0.6) is 0 Å². The van der Waals surface area contributed by atoms with Crippen molar-refractivity contribution in [2.24, 2.45) is 5.92 Å². The minimum Gasteiger partial charge on any atom is -0.335 e. The van der Waals surface area contributed by atoms with Crippen LogP contribution in [0, 0.1) is 17.2 Å². The SMILES string of the molecule is CCC1CCC(=O)N(CC(=O)c2ccc(C#N)cc2)CC1. The molecule has 0 radical (unpaired) electrons. The first kappa shape index (κ1) is 15.2. The Balaban J connectivity index is 2.00. The lowest BCUT2D eigenvalue weighted by Crippen LogP contribution is -2.35. The molecule has 1 fully saturated rings. The standard InChI is InChI=1S/C17H20N2O2/c1-2-13-5-8-17(21)19(10-9-13)12-16(20)15-6-3-14(11-18)4-7-15/h3-4,6-7,13H,2,5,8-10,12H2,1H3. The third-order valence-corrected chi connectivity index (χ3v) is 4.17. The number of amides is 1. The van der Waals surface area contributed by atoms with Crippen LogP contribution in [0.3, 0.4) is 0 Å². The Bertz CT molecular complexity index is 557. The molecule has 4 nitrogen and oxygen atoms in total. The summed E-state index contributed by atoms with van der Waals surface area (Å²) in [5.74, 6) is 0.597. The van der Waals surface area contributed by atoms with Gasteiger partial charge < -0.3 is 4.90 Å². The number of nitriles is 1. The summed E-state index contributed by atoms with van der Waals surface area (Å²) in [5, 5.41) is 8.75. The Morgan fingerprint density at radius 3 is 2.67 bits per heavy atom. The summed E-state index contributed by atoms with van der Waals surface area (Å²) in [7, 11) is 0. The Morgan fingerprint density at radius 2 is 2.05 bits per heavy atom. The Hall–Kier alpha value is -2.15. The largest absolute Gasteiger partial charge is 0.335 e. The van der Waals surface area contributed by atoms with E-state index in [0.717, 1.165) is 19.3 Å². The lowest BCUT2D eigenvalue weighted by Gasteiger charge is -2.20. The summed E-state index contributed by atoms with van der Waals surface area (Å²) in [4.78, 5) is 26.0. The first-order valence-corrected chi connectivity index (χ1v) is 7.45. The van der Waals surface area contributed by atoms with Gasteiger partial charge in [-0.15, -0.1) is 0 Å². The molecule has 0 N–H and O–H groups in total. The van der Waals surface area contributed by atoms with E-state index in [1.54, 1.807) is 29.2 Å². The first-order valence-electron chi connectivity index (χ1n) is 7.45. The van der Waals surface area contributed by atoms with Crippen molar-refractivity contribution in [3.8, 4) is 6.07 Å². The topological polar surface area (TPSA) is 61.2 Å². The smallest absolute Gasteiger partial charge is 0.222 e. The molecule has 1 unspecified atom stereocenters. The fraction of sp³-hybridized carbons (Fsp3) is 0.471. The highest BCUT2D eigenvalue weighted by atomic mass is 16.2. The highest BCUT2D eigenvalue weighted by Crippen LogP contribution is 2.21. The molecule has 1 amide bonds. The second kappa shape index (κ2) is 7.03. The number of carbonyl (C=O) groups is 2. The van der Waals surface area contributed by atoms with E-state index in [1.165, 1.54) is 0 Å². The molecule has 1 aliphatic rings. The lowest BCUT2D eigenvalue weighted by molar-refractivity contribution is -0.130. The number of carbonyl (C=O) groups excluding carboxylic acids is 2. The number of likely N-dealkylation sites (tertiary alicyclic amines) is 1. The van der Waals surface area contributed by atoms with Gasteiger partial charge in [-0.3, -0.25) is 9.59 Å². The monoisotopic (exact) mass is 284 g/mol. The Labute approximate surface area is 125 Å². The predicted molar refractivity (Wildman–Crippen MR) is 79.7 cm³/mol. The van der Waals surface area contributed by atoms with Crippen molar-refractivity contribution in [2.75, 3.05) is 13.1 Å². The summed E-state index contributed by atoms with van der Waals surface area (Å²) in [6.07, 6.45) is 3.53. The molecule has 0 aromatic heterocycles. The Morgan fingerprint density at radius 1 is 1.33 bits per heavy atom. The predicted octanol–water partition coefficient (Wildman–Crippen LogP) is 2.78. The molecular formula is C17H20N2O2. The summed E-state index contributed by atoms with van der Waals surface area (Å²) < 4.78 is 0. The number of benzene rings is 1. The van der Waals surface area contributed by atoms with E-state index >= 15 is 0 Å². The Kier molecular flexibility index (Phi) is 5.10. The van der Waals surface area contributed by atoms with E-state index in [-0.39, 0.29) is 18.2 Å². The molecule has 0 spiro atoms. The second-order valence-electron chi connectivity index (χ2n) is 5.53. The van der Waals surface area contributed by atoms with Crippen LogP contribution in [0.15, 0.2) is 24.3 Å². The highest BCUT2D eigenvalue weighted by molar-refractivity contribution is 5.99. The minimum absolute atomic E-state index is 0.0669. The summed E-state index contributed by atoms with van der Waals surface area (Å²) in [5.41, 5.74) is 1.08. The third kappa shape index (κ3) is 3.91. The van der Waals surface area contributed by atoms with Crippen molar-refractivity contribution in [3.05, 3.63) is 35.4 Å². The molecule has 21 heavy (non-hydrogen) atoms. The molecule has 0 bridgehead atoms. The van der Waals surface area contributed by atoms with E-state index in [4.69, 9.17) is 5.26 Å². The van der Waals surface area contributed by atoms with Crippen LogP contribution in [-0.2, 0) is 4.79 Å². The average Bonchev–Trinajstić information content (AvgIpc) is 2.70. The summed E-state index contributed by atoms with van der Waals surface area (Å²) in [6.45, 7) is 2.95. The van der Waals surface area contributed by atoms with Crippen molar-refractivity contribution < 1.29 is 9.59 Å². The van der Waals surface area contributed by atoms with Gasteiger partial charge in [0.15, 0.2) is 5.78 Å². The zero-order chi connectivity index (χ0) is 15.2. The first-order chi connectivity index (χ1) is 10.1. The van der Waals surface area contributed by atoms with Crippen LogP contribution >= 0.6 is 0 Å². The average molecular weight is 284 g/mol. The van der Waals surface area contributed by atoms with Crippen LogP contribution in [-0.4, -0.2) is 29.7 Å². The molecule has 0 aliphatic carbocycles. The van der Waals surface area contributed by atoms with Crippen LogP contribution < -0.4 is 0 Å². The number of rotatable bonds is 4. The second-order valence-corrected chi connectivity index (χ2v) is 5.53. The maximum atomic E-state index is 12.2. The molecule has 2 rings (SSSR count). The zero-order valence-corrected chi connectivity index (χ0v) is 12.3. The van der Waals surface area contributed by atoms with Crippen molar-refractivity contribution in [3.63, 3.8) is 0 Å². The number of hydrogen-bond donors (Lipinski definition) is 0. The van der Waals surface area contributed by atoms with Gasteiger partial charge in [-0.2, -0.15) is 5.26 Å². The van der Waals surface area contributed by atoms with Gasteiger partial charge in [0.2, 0.25) is 5.91 Å². The van der Waals surface area contributed by atoms with Gasteiger partial charge in [0, 0.05) is 18.5 Å². The maximum absolute atomic E-state index is 12.2. The van der Waals surface area contributed by atoms with Crippen molar-refractivity contribution in [2.45, 2.75) is 32.6 Å². The number of hydrogen-bond acceptors (Lipinski definition) is 3. The van der Waals surface area contributed by atoms with Gasteiger partial charge in [0.05, 0.1) is 18.2 Å². The van der Waals surface area contributed by atoms with E-state index in [9.17, 15) is 9.59 Å². The minimum atomic E-state index is -0.0669. The third-order valence-electron chi connectivity index (χ3n) is 4.17. The zero-order valence-electron chi connectivity index (χ0n) is 12.3. The normalized spacial score (nSPS) is 19.0. The molecule has 1 heterocycles. The van der Waals surface area contributed by atoms with E-state index in [1.807, 2.05) is 6.07 Å². The number of nitrogens with zero attached hydrogens (tertiary/aromatic N) is 2. The van der Waals surface area contributed by atoms with Gasteiger partial charge in [-0.05, 0) is 30.9 Å². The van der Waals surface area contributed by atoms with E-state index in [2.05, 4.69) is 6.92 Å². The highest BCUT2D eigenvalue weighted by Gasteiger charge is 2.23. The number of ketones is 1. The van der Waals surface area contributed by atoms with Gasteiger partial charge in [0.25, 0.3) is 0 Å². The fourth-order valence-corrected chi connectivity index (χ4v) is 2.66. The van der Waals surface area contributed by atoms with Crippen molar-refractivity contribution in [1.29, 1.82) is 5.26 Å². The molecule has 0 saturated carbocycles. The van der Waals surface area contributed by atoms with Crippen molar-refractivity contribution in [1.82, 2.24) is 4.90 Å². The van der Waals surface area contributed by atoms with Gasteiger partial charge in [-0.1, -0.05) is 25.5 Å². The van der Waals surface area contributed by atoms with Gasteiger partial charge in [0.1, 0.15) is 0 Å². The molecule has 1 saturated heterocycles. The van der Waals surface area contributed by atoms with E-state index in [0.29, 0.717) is 30.0 Å². The van der Waals surface area contributed by atoms with Crippen LogP contribution in [0.25, 0.3) is 0 Å². The van der Waals surface area contributed by atoms with Crippen LogP contribution in [0.2, 0.25) is 0 Å². The number of Topliss-reactive ketones (excluding diaryl/α,β-unsaturated/α-hetero) is 1. The maximum Gasteiger partial charge on any atom is 0.222 e. The van der Waals surface area contributed by atoms with E-state index < -0.39 is 0 Å². The fourth-order valence-electron chi connectivity index (χ4n) is 2.66. The molecule has 110 valence electrons. The van der Waals surface area contributed by atoms with Gasteiger partial charge in [-0.25, -0.2) is 0 Å². The molecule has 1 aliphatic heterocycles. The van der Waals surface area contributed by atoms with Crippen LogP contribution in [0.1, 0.15) is 48.5 Å². The molecular weight excluding hydrogens is 264 g/mol. The summed E-state index contributed by atoms with van der Waals surface area (Å²) in [6, 6.07) is 8.59.